The number of rotatable bonds is 2. The Hall–Kier alpha value is -1.95. The molecule has 0 unspecified atom stereocenters. The molecule has 0 heterocycles. The molecule has 0 aromatic heterocycles. The van der Waals surface area contributed by atoms with E-state index in [1.165, 1.54) is 19.1 Å². The molecular formula is C8H11N3O3. The third kappa shape index (κ3) is 2.05. The second kappa shape index (κ2) is 3.84. The number of esters is 1. The summed E-state index contributed by atoms with van der Waals surface area (Å²) in [4.78, 5) is 15.1. The highest BCUT2D eigenvalue weighted by molar-refractivity contribution is 5.78. The number of carbonyl (C=O) groups excluding carboxylic acids is 1. The Morgan fingerprint density at radius 3 is 2.14 bits per heavy atom. The lowest BCUT2D eigenvalue weighted by atomic mass is 10.2. The fourth-order valence-electron chi connectivity index (χ4n) is 0.976. The highest BCUT2D eigenvalue weighted by Gasteiger charge is 2.10. The minimum absolute atomic E-state index is 0.123. The average molecular weight is 197 g/mol. The molecular weight excluding hydrogens is 186 g/mol. The van der Waals surface area contributed by atoms with Crippen molar-refractivity contribution >= 4 is 17.3 Å². The van der Waals surface area contributed by atoms with Gasteiger partial charge >= 0.3 is 5.97 Å². The van der Waals surface area contributed by atoms with Crippen molar-refractivity contribution in [3.05, 3.63) is 12.1 Å². The van der Waals surface area contributed by atoms with Crippen LogP contribution in [0.5, 0.6) is 11.5 Å². The largest absolute Gasteiger partial charge is 0.422 e. The number of benzene rings is 1. The summed E-state index contributed by atoms with van der Waals surface area (Å²) >= 11 is 0. The van der Waals surface area contributed by atoms with Crippen LogP contribution in [0.4, 0.5) is 11.4 Å². The van der Waals surface area contributed by atoms with Gasteiger partial charge in [-0.3, -0.25) is 4.79 Å². The van der Waals surface area contributed by atoms with Crippen molar-refractivity contribution in [2.45, 2.75) is 6.92 Å². The van der Waals surface area contributed by atoms with Gasteiger partial charge in [-0.25, -0.2) is 0 Å². The van der Waals surface area contributed by atoms with Gasteiger partial charge < -0.3 is 21.0 Å². The van der Waals surface area contributed by atoms with E-state index < -0.39 is 5.97 Å². The van der Waals surface area contributed by atoms with E-state index in [9.17, 15) is 4.79 Å². The van der Waals surface area contributed by atoms with Gasteiger partial charge in [0.05, 0.1) is 11.4 Å². The van der Waals surface area contributed by atoms with Crippen LogP contribution in [0.25, 0.3) is 0 Å². The smallest absolute Gasteiger partial charge is 0.308 e. The summed E-state index contributed by atoms with van der Waals surface area (Å²) in [5.41, 5.74) is 11.5. The molecule has 0 spiro atoms. The van der Waals surface area contributed by atoms with Crippen LogP contribution in [0.3, 0.4) is 0 Å². The molecule has 0 aliphatic rings. The van der Waals surface area contributed by atoms with Crippen molar-refractivity contribution in [2.75, 3.05) is 11.5 Å². The minimum atomic E-state index is -0.496. The van der Waals surface area contributed by atoms with Crippen molar-refractivity contribution in [3.8, 4) is 11.5 Å². The zero-order chi connectivity index (χ0) is 10.7. The molecule has 0 amide bonds. The molecule has 0 fully saturated rings. The lowest BCUT2D eigenvalue weighted by Gasteiger charge is -2.09. The molecule has 0 bridgehead atoms. The topological polar surface area (TPSA) is 114 Å². The third-order valence-corrected chi connectivity index (χ3v) is 1.50. The Balaban J connectivity index is 3.11. The molecule has 0 atom stereocenters. The number of hydrogen-bond acceptors (Lipinski definition) is 6. The Morgan fingerprint density at radius 2 is 1.79 bits per heavy atom. The molecule has 1 aromatic rings. The maximum Gasteiger partial charge on any atom is 0.308 e. The predicted molar refractivity (Wildman–Crippen MR) is 51.4 cm³/mol. The summed E-state index contributed by atoms with van der Waals surface area (Å²) in [6.07, 6.45) is 0. The van der Waals surface area contributed by atoms with Gasteiger partial charge in [-0.05, 0) is 0 Å². The normalized spacial score (nSPS) is 9.57. The predicted octanol–water partition coefficient (Wildman–Crippen LogP) is 0.0288. The number of nitrogen functional groups attached to an aromatic ring is 2. The summed E-state index contributed by atoms with van der Waals surface area (Å²) in [6, 6.07) is 2.82. The lowest BCUT2D eigenvalue weighted by molar-refractivity contribution is -0.131. The minimum Gasteiger partial charge on any atom is -0.422 e. The van der Waals surface area contributed by atoms with Gasteiger partial charge in [0.15, 0.2) is 11.5 Å². The Kier molecular flexibility index (Phi) is 2.78. The number of anilines is 2. The van der Waals surface area contributed by atoms with Gasteiger partial charge in [0, 0.05) is 19.1 Å². The first kappa shape index (κ1) is 10.1. The molecule has 0 aliphatic carbocycles. The molecule has 0 aliphatic heterocycles. The van der Waals surface area contributed by atoms with Gasteiger partial charge in [-0.15, -0.1) is 0 Å². The Labute approximate surface area is 80.5 Å². The standard InChI is InChI=1S/C8H11N3O3/c1-4(12)13-8-6(9)2-5(14-11)3-7(8)10/h2-3H,9-11H2,1H3. The molecule has 76 valence electrons. The first-order chi connectivity index (χ1) is 6.54. The van der Waals surface area contributed by atoms with E-state index in [0.29, 0.717) is 5.75 Å². The number of carbonyl (C=O) groups is 1. The van der Waals surface area contributed by atoms with E-state index >= 15 is 0 Å². The van der Waals surface area contributed by atoms with Gasteiger partial charge in [0.2, 0.25) is 0 Å². The Morgan fingerprint density at radius 1 is 1.29 bits per heavy atom. The van der Waals surface area contributed by atoms with Gasteiger partial charge in [0.25, 0.3) is 0 Å². The van der Waals surface area contributed by atoms with Crippen LogP contribution in [0.15, 0.2) is 12.1 Å². The van der Waals surface area contributed by atoms with E-state index in [1.807, 2.05) is 0 Å². The van der Waals surface area contributed by atoms with Crippen molar-refractivity contribution in [1.29, 1.82) is 0 Å². The molecule has 6 nitrogen and oxygen atoms in total. The van der Waals surface area contributed by atoms with Gasteiger partial charge in [-0.2, -0.15) is 5.90 Å². The fraction of sp³-hybridized carbons (Fsp3) is 0.125. The molecule has 6 N–H and O–H groups in total. The molecule has 0 saturated carbocycles. The van der Waals surface area contributed by atoms with Crippen LogP contribution in [-0.4, -0.2) is 5.97 Å². The summed E-state index contributed by atoms with van der Waals surface area (Å²) in [5.74, 6) is 4.85. The van der Waals surface area contributed by atoms with Crippen molar-refractivity contribution in [3.63, 3.8) is 0 Å². The van der Waals surface area contributed by atoms with Crippen LogP contribution in [0, 0.1) is 0 Å². The second-order valence-corrected chi connectivity index (χ2v) is 2.64. The van der Waals surface area contributed by atoms with E-state index in [2.05, 4.69) is 4.84 Å². The van der Waals surface area contributed by atoms with E-state index in [4.69, 9.17) is 22.1 Å². The second-order valence-electron chi connectivity index (χ2n) is 2.64. The molecule has 0 radical (unpaired) electrons. The number of nitrogens with two attached hydrogens (primary N) is 3. The van der Waals surface area contributed by atoms with Crippen LogP contribution in [0.2, 0.25) is 0 Å². The van der Waals surface area contributed by atoms with Crippen LogP contribution in [-0.2, 0) is 4.79 Å². The van der Waals surface area contributed by atoms with Gasteiger partial charge in [0.1, 0.15) is 0 Å². The van der Waals surface area contributed by atoms with E-state index in [1.54, 1.807) is 0 Å². The number of ether oxygens (including phenoxy) is 1. The summed E-state index contributed by atoms with van der Waals surface area (Å²) < 4.78 is 4.79. The number of hydrogen-bond donors (Lipinski definition) is 3. The van der Waals surface area contributed by atoms with Crippen LogP contribution in [0.1, 0.15) is 6.92 Å². The molecule has 1 aromatic carbocycles. The molecule has 0 saturated heterocycles. The monoisotopic (exact) mass is 197 g/mol. The van der Waals surface area contributed by atoms with Crippen LogP contribution < -0.4 is 26.9 Å². The van der Waals surface area contributed by atoms with E-state index in [0.717, 1.165) is 0 Å². The zero-order valence-electron chi connectivity index (χ0n) is 7.61. The van der Waals surface area contributed by atoms with Crippen molar-refractivity contribution in [2.24, 2.45) is 5.90 Å². The maximum absolute atomic E-state index is 10.7. The Bertz CT molecular complexity index is 342. The fourth-order valence-corrected chi connectivity index (χ4v) is 0.976. The van der Waals surface area contributed by atoms with Gasteiger partial charge in [-0.1, -0.05) is 0 Å². The van der Waals surface area contributed by atoms with Crippen molar-refractivity contribution in [1.82, 2.24) is 0 Å². The molecule has 1 rings (SSSR count). The summed E-state index contributed by atoms with van der Waals surface area (Å²) in [6.45, 7) is 1.26. The molecule has 14 heavy (non-hydrogen) atoms. The summed E-state index contributed by atoms with van der Waals surface area (Å²) in [7, 11) is 0. The first-order valence-corrected chi connectivity index (χ1v) is 3.78. The van der Waals surface area contributed by atoms with E-state index in [-0.39, 0.29) is 17.1 Å². The average Bonchev–Trinajstić information content (AvgIpc) is 2.10. The van der Waals surface area contributed by atoms with Crippen molar-refractivity contribution < 1.29 is 14.4 Å². The quantitative estimate of drug-likeness (QED) is 0.267. The summed E-state index contributed by atoms with van der Waals surface area (Å²) in [5, 5.41) is 0. The lowest BCUT2D eigenvalue weighted by Crippen LogP contribution is -2.08. The highest BCUT2D eigenvalue weighted by atomic mass is 16.6. The van der Waals surface area contributed by atoms with Crippen LogP contribution >= 0.6 is 0 Å². The third-order valence-electron chi connectivity index (χ3n) is 1.50. The highest BCUT2D eigenvalue weighted by Crippen LogP contribution is 2.33. The zero-order valence-corrected chi connectivity index (χ0v) is 7.61. The first-order valence-electron chi connectivity index (χ1n) is 3.78. The maximum atomic E-state index is 10.7. The molecule has 6 heteroatoms. The SMILES string of the molecule is CC(=O)Oc1c(N)cc(ON)cc1N.